The second-order valence-corrected chi connectivity index (χ2v) is 2.90. The van der Waals surface area contributed by atoms with E-state index in [4.69, 9.17) is 5.11 Å². The van der Waals surface area contributed by atoms with Crippen molar-refractivity contribution >= 4 is 5.97 Å². The molecule has 0 heterocycles. The van der Waals surface area contributed by atoms with Crippen molar-refractivity contribution in [1.82, 2.24) is 0 Å². The van der Waals surface area contributed by atoms with Gasteiger partial charge >= 0.3 is 5.97 Å². The molecule has 3 heteroatoms. The summed E-state index contributed by atoms with van der Waals surface area (Å²) in [4.78, 5) is 10.2. The zero-order chi connectivity index (χ0) is 10.4. The molecule has 0 atom stereocenters. The number of rotatable bonds is 4. The SMILES string of the molecule is O=C(O)C/C=C/Cc1ccc(F)cc1. The molecule has 0 saturated carbocycles. The van der Waals surface area contributed by atoms with Crippen molar-refractivity contribution in [2.24, 2.45) is 0 Å². The summed E-state index contributed by atoms with van der Waals surface area (Å²) in [5, 5.41) is 8.35. The third kappa shape index (κ3) is 3.85. The van der Waals surface area contributed by atoms with Crippen molar-refractivity contribution < 1.29 is 14.3 Å². The number of carbonyl (C=O) groups is 1. The van der Waals surface area contributed by atoms with E-state index in [-0.39, 0.29) is 12.2 Å². The number of aliphatic carboxylic acids is 1. The van der Waals surface area contributed by atoms with Gasteiger partial charge < -0.3 is 5.11 Å². The van der Waals surface area contributed by atoms with Crippen molar-refractivity contribution in [2.45, 2.75) is 12.8 Å². The van der Waals surface area contributed by atoms with E-state index in [0.717, 1.165) is 5.56 Å². The van der Waals surface area contributed by atoms with E-state index in [1.54, 1.807) is 24.3 Å². The van der Waals surface area contributed by atoms with Gasteiger partial charge in [-0.3, -0.25) is 4.79 Å². The van der Waals surface area contributed by atoms with E-state index in [1.807, 2.05) is 0 Å². The van der Waals surface area contributed by atoms with E-state index in [1.165, 1.54) is 12.1 Å². The maximum absolute atomic E-state index is 12.5. The first-order valence-corrected chi connectivity index (χ1v) is 4.30. The summed E-state index contributed by atoms with van der Waals surface area (Å²) in [6.45, 7) is 0. The molecule has 1 aromatic carbocycles. The normalized spacial score (nSPS) is 10.6. The number of allylic oxidation sites excluding steroid dienone is 1. The lowest BCUT2D eigenvalue weighted by molar-refractivity contribution is -0.136. The topological polar surface area (TPSA) is 37.3 Å². The molecule has 0 saturated heterocycles. The summed E-state index contributed by atoms with van der Waals surface area (Å²) in [6.07, 6.45) is 4.02. The van der Waals surface area contributed by atoms with Crippen LogP contribution in [0.3, 0.4) is 0 Å². The minimum Gasteiger partial charge on any atom is -0.481 e. The molecule has 0 amide bonds. The van der Waals surface area contributed by atoms with Crippen molar-refractivity contribution in [3.63, 3.8) is 0 Å². The molecule has 0 fully saturated rings. The molecule has 0 aliphatic carbocycles. The maximum atomic E-state index is 12.5. The van der Waals surface area contributed by atoms with E-state index < -0.39 is 5.97 Å². The summed E-state index contributed by atoms with van der Waals surface area (Å²) < 4.78 is 12.5. The Balaban J connectivity index is 2.42. The number of hydrogen-bond donors (Lipinski definition) is 1. The summed E-state index contributed by atoms with van der Waals surface area (Å²) in [6, 6.07) is 6.14. The third-order valence-electron chi connectivity index (χ3n) is 1.73. The van der Waals surface area contributed by atoms with E-state index in [9.17, 15) is 9.18 Å². The summed E-state index contributed by atoms with van der Waals surface area (Å²) in [5.74, 6) is -1.11. The quantitative estimate of drug-likeness (QED) is 0.747. The fraction of sp³-hybridized carbons (Fsp3) is 0.182. The molecular formula is C11H11FO2. The standard InChI is InChI=1S/C11H11FO2/c12-10-7-5-9(6-8-10)3-1-2-4-11(13)14/h1-2,5-8H,3-4H2,(H,13,14)/b2-1+. The Kier molecular flexibility index (Phi) is 3.85. The fourth-order valence-electron chi connectivity index (χ4n) is 1.02. The number of hydrogen-bond acceptors (Lipinski definition) is 1. The zero-order valence-corrected chi connectivity index (χ0v) is 7.61. The predicted octanol–water partition coefficient (Wildman–Crippen LogP) is 2.40. The van der Waals surface area contributed by atoms with Crippen molar-refractivity contribution in [3.05, 3.63) is 47.8 Å². The molecule has 74 valence electrons. The molecule has 1 N–H and O–H groups in total. The van der Waals surface area contributed by atoms with Gasteiger partial charge in [0.25, 0.3) is 0 Å². The van der Waals surface area contributed by atoms with Gasteiger partial charge in [0.1, 0.15) is 5.82 Å². The van der Waals surface area contributed by atoms with Crippen LogP contribution in [0.15, 0.2) is 36.4 Å². The zero-order valence-electron chi connectivity index (χ0n) is 7.61. The summed E-state index contributed by atoms with van der Waals surface area (Å²) >= 11 is 0. The van der Waals surface area contributed by atoms with Crippen molar-refractivity contribution in [1.29, 1.82) is 0 Å². The highest BCUT2D eigenvalue weighted by Gasteiger charge is 1.92. The van der Waals surface area contributed by atoms with Crippen LogP contribution in [0.1, 0.15) is 12.0 Å². The Hall–Kier alpha value is -1.64. The second-order valence-electron chi connectivity index (χ2n) is 2.90. The second kappa shape index (κ2) is 5.17. The first kappa shape index (κ1) is 10.4. The van der Waals surface area contributed by atoms with Gasteiger partial charge in [0, 0.05) is 0 Å². The highest BCUT2D eigenvalue weighted by Crippen LogP contribution is 2.04. The van der Waals surface area contributed by atoms with Crippen LogP contribution in [0.5, 0.6) is 0 Å². The first-order valence-electron chi connectivity index (χ1n) is 4.30. The van der Waals surface area contributed by atoms with Crippen molar-refractivity contribution in [2.75, 3.05) is 0 Å². The number of benzene rings is 1. The smallest absolute Gasteiger partial charge is 0.307 e. The Morgan fingerprint density at radius 1 is 1.29 bits per heavy atom. The molecule has 0 bridgehead atoms. The van der Waals surface area contributed by atoms with Crippen LogP contribution < -0.4 is 0 Å². The summed E-state index contributed by atoms with van der Waals surface area (Å²) in [5.41, 5.74) is 0.966. The lowest BCUT2D eigenvalue weighted by atomic mass is 10.1. The molecule has 14 heavy (non-hydrogen) atoms. The molecule has 2 nitrogen and oxygen atoms in total. The van der Waals surface area contributed by atoms with Gasteiger partial charge in [-0.05, 0) is 24.1 Å². The molecule has 1 rings (SSSR count). The highest BCUT2D eigenvalue weighted by atomic mass is 19.1. The van der Waals surface area contributed by atoms with E-state index in [0.29, 0.717) is 6.42 Å². The van der Waals surface area contributed by atoms with E-state index in [2.05, 4.69) is 0 Å². The average Bonchev–Trinajstić information content (AvgIpc) is 2.15. The van der Waals surface area contributed by atoms with Crippen LogP contribution in [0.25, 0.3) is 0 Å². The van der Waals surface area contributed by atoms with Gasteiger partial charge in [0.05, 0.1) is 6.42 Å². The molecule has 1 aromatic rings. The van der Waals surface area contributed by atoms with Gasteiger partial charge in [-0.2, -0.15) is 0 Å². The molecule has 0 aliphatic rings. The highest BCUT2D eigenvalue weighted by molar-refractivity contribution is 5.68. The van der Waals surface area contributed by atoms with E-state index >= 15 is 0 Å². The number of carboxylic acid groups (broad SMARTS) is 1. The molecule has 0 spiro atoms. The Morgan fingerprint density at radius 2 is 1.93 bits per heavy atom. The molecular weight excluding hydrogens is 183 g/mol. The van der Waals surface area contributed by atoms with Crippen LogP contribution in [0.2, 0.25) is 0 Å². The minimum atomic E-state index is -0.847. The lowest BCUT2D eigenvalue weighted by Gasteiger charge is -1.94. The Morgan fingerprint density at radius 3 is 2.50 bits per heavy atom. The summed E-state index contributed by atoms with van der Waals surface area (Å²) in [7, 11) is 0. The predicted molar refractivity (Wildman–Crippen MR) is 51.5 cm³/mol. The molecule has 0 radical (unpaired) electrons. The van der Waals surface area contributed by atoms with Crippen LogP contribution >= 0.6 is 0 Å². The monoisotopic (exact) mass is 194 g/mol. The van der Waals surface area contributed by atoms with Crippen LogP contribution in [0.4, 0.5) is 4.39 Å². The Bertz CT molecular complexity index is 328. The van der Waals surface area contributed by atoms with Crippen molar-refractivity contribution in [3.8, 4) is 0 Å². The van der Waals surface area contributed by atoms with Crippen LogP contribution in [-0.2, 0) is 11.2 Å². The first-order chi connectivity index (χ1) is 6.68. The van der Waals surface area contributed by atoms with Gasteiger partial charge in [-0.25, -0.2) is 4.39 Å². The van der Waals surface area contributed by atoms with Crippen LogP contribution in [-0.4, -0.2) is 11.1 Å². The lowest BCUT2D eigenvalue weighted by Crippen LogP contribution is -1.90. The van der Waals surface area contributed by atoms with Crippen LogP contribution in [0, 0.1) is 5.82 Å². The third-order valence-corrected chi connectivity index (χ3v) is 1.73. The number of carboxylic acids is 1. The molecule has 0 aliphatic heterocycles. The fourth-order valence-corrected chi connectivity index (χ4v) is 1.02. The Labute approximate surface area is 81.7 Å². The largest absolute Gasteiger partial charge is 0.481 e. The molecule has 0 unspecified atom stereocenters. The molecule has 0 aromatic heterocycles. The number of halogens is 1. The van der Waals surface area contributed by atoms with Gasteiger partial charge in [0.15, 0.2) is 0 Å². The van der Waals surface area contributed by atoms with Gasteiger partial charge in [-0.1, -0.05) is 24.3 Å². The average molecular weight is 194 g/mol. The minimum absolute atomic E-state index is 0.0290. The maximum Gasteiger partial charge on any atom is 0.307 e. The van der Waals surface area contributed by atoms with Gasteiger partial charge in [0.2, 0.25) is 0 Å². The van der Waals surface area contributed by atoms with Gasteiger partial charge in [-0.15, -0.1) is 0 Å².